The van der Waals surface area contributed by atoms with Crippen molar-refractivity contribution in [3.05, 3.63) is 29.6 Å². The summed E-state index contributed by atoms with van der Waals surface area (Å²) in [5.74, 6) is -0.0319. The molecule has 0 atom stereocenters. The van der Waals surface area contributed by atoms with E-state index in [4.69, 9.17) is 5.73 Å². The fourth-order valence-electron chi connectivity index (χ4n) is 2.19. The van der Waals surface area contributed by atoms with Crippen LogP contribution in [-0.4, -0.2) is 16.4 Å². The van der Waals surface area contributed by atoms with Gasteiger partial charge in [0.05, 0.1) is 5.54 Å². The Kier molecular flexibility index (Phi) is 3.43. The van der Waals surface area contributed by atoms with Crippen molar-refractivity contribution >= 4 is 5.91 Å². The van der Waals surface area contributed by atoms with Crippen LogP contribution in [0.2, 0.25) is 0 Å². The maximum absolute atomic E-state index is 12.0. The Labute approximate surface area is 102 Å². The first-order chi connectivity index (χ1) is 8.10. The summed E-state index contributed by atoms with van der Waals surface area (Å²) >= 11 is 0. The van der Waals surface area contributed by atoms with E-state index in [1.807, 2.05) is 19.1 Å². The summed E-state index contributed by atoms with van der Waals surface area (Å²) < 4.78 is 0. The van der Waals surface area contributed by atoms with Crippen molar-refractivity contribution in [2.45, 2.75) is 44.7 Å². The van der Waals surface area contributed by atoms with Crippen LogP contribution in [0.15, 0.2) is 18.3 Å². The Morgan fingerprint density at radius 2 is 2.18 bits per heavy atom. The van der Waals surface area contributed by atoms with E-state index in [1.54, 1.807) is 6.20 Å². The molecular weight excluding hydrogens is 214 g/mol. The molecule has 4 heteroatoms. The molecule has 17 heavy (non-hydrogen) atoms. The van der Waals surface area contributed by atoms with Gasteiger partial charge in [-0.3, -0.25) is 9.78 Å². The Balaban J connectivity index is 1.89. The number of carbonyl (C=O) groups excluding carboxylic acids is 1. The highest BCUT2D eigenvalue weighted by Gasteiger charge is 2.36. The molecule has 0 unspecified atom stereocenters. The number of hydrogen-bond donors (Lipinski definition) is 2. The third-order valence-corrected chi connectivity index (χ3v) is 3.37. The van der Waals surface area contributed by atoms with Gasteiger partial charge in [-0.2, -0.15) is 0 Å². The van der Waals surface area contributed by atoms with Crippen LogP contribution in [0, 0.1) is 6.92 Å². The van der Waals surface area contributed by atoms with Crippen molar-refractivity contribution in [3.8, 4) is 0 Å². The summed E-state index contributed by atoms with van der Waals surface area (Å²) in [6.07, 6.45) is 5.48. The van der Waals surface area contributed by atoms with Gasteiger partial charge in [0, 0.05) is 18.4 Å². The molecule has 0 saturated heterocycles. The zero-order valence-corrected chi connectivity index (χ0v) is 10.2. The second kappa shape index (κ2) is 4.84. The molecule has 4 nitrogen and oxygen atoms in total. The van der Waals surface area contributed by atoms with E-state index < -0.39 is 5.54 Å². The number of nitrogens with zero attached hydrogens (tertiary/aromatic N) is 1. The Morgan fingerprint density at radius 3 is 2.76 bits per heavy atom. The number of aryl methyl sites for hydroxylation is 1. The molecule has 0 radical (unpaired) electrons. The number of hydrogen-bond acceptors (Lipinski definition) is 3. The summed E-state index contributed by atoms with van der Waals surface area (Å²) in [6, 6.07) is 3.91. The second-order valence-corrected chi connectivity index (χ2v) is 4.85. The van der Waals surface area contributed by atoms with Crippen LogP contribution in [-0.2, 0) is 11.3 Å². The van der Waals surface area contributed by atoms with Crippen LogP contribution in [0.3, 0.4) is 0 Å². The van der Waals surface area contributed by atoms with Crippen molar-refractivity contribution in [2.75, 3.05) is 0 Å². The molecule has 1 aliphatic rings. The van der Waals surface area contributed by atoms with Crippen molar-refractivity contribution in [1.29, 1.82) is 0 Å². The van der Waals surface area contributed by atoms with E-state index in [-0.39, 0.29) is 5.91 Å². The van der Waals surface area contributed by atoms with Gasteiger partial charge in [-0.25, -0.2) is 0 Å². The molecule has 1 aromatic rings. The van der Waals surface area contributed by atoms with Crippen LogP contribution in [0.25, 0.3) is 0 Å². The lowest BCUT2D eigenvalue weighted by atomic mass is 9.98. The SMILES string of the molecule is Cc1ccc(CNC(=O)C2(N)CCCC2)cn1. The summed E-state index contributed by atoms with van der Waals surface area (Å²) in [7, 11) is 0. The minimum Gasteiger partial charge on any atom is -0.350 e. The minimum atomic E-state index is -0.641. The predicted octanol–water partition coefficient (Wildman–Crippen LogP) is 1.28. The van der Waals surface area contributed by atoms with Gasteiger partial charge >= 0.3 is 0 Å². The largest absolute Gasteiger partial charge is 0.350 e. The molecule has 92 valence electrons. The first-order valence-corrected chi connectivity index (χ1v) is 6.09. The lowest BCUT2D eigenvalue weighted by Crippen LogP contribution is -2.51. The van der Waals surface area contributed by atoms with Crippen molar-refractivity contribution in [3.63, 3.8) is 0 Å². The first-order valence-electron chi connectivity index (χ1n) is 6.09. The van der Waals surface area contributed by atoms with Crippen LogP contribution in [0.4, 0.5) is 0 Å². The molecule has 0 bridgehead atoms. The highest BCUT2D eigenvalue weighted by Crippen LogP contribution is 2.27. The van der Waals surface area contributed by atoms with Crippen molar-refractivity contribution in [1.82, 2.24) is 10.3 Å². The molecule has 0 aliphatic heterocycles. The third kappa shape index (κ3) is 2.82. The topological polar surface area (TPSA) is 68.0 Å². The third-order valence-electron chi connectivity index (χ3n) is 3.37. The number of aromatic nitrogens is 1. The maximum Gasteiger partial charge on any atom is 0.240 e. The molecule has 3 N–H and O–H groups in total. The first kappa shape index (κ1) is 12.0. The maximum atomic E-state index is 12.0. The summed E-state index contributed by atoms with van der Waals surface area (Å²) in [4.78, 5) is 16.1. The summed E-state index contributed by atoms with van der Waals surface area (Å²) in [5.41, 5.74) is 7.41. The van der Waals surface area contributed by atoms with Gasteiger partial charge in [-0.1, -0.05) is 18.9 Å². The van der Waals surface area contributed by atoms with Gasteiger partial charge in [0.15, 0.2) is 0 Å². The Hall–Kier alpha value is -1.42. The lowest BCUT2D eigenvalue weighted by Gasteiger charge is -2.22. The number of nitrogens with two attached hydrogens (primary N) is 1. The van der Waals surface area contributed by atoms with Gasteiger partial charge < -0.3 is 11.1 Å². The molecule has 1 aliphatic carbocycles. The van der Waals surface area contributed by atoms with E-state index in [1.165, 1.54) is 0 Å². The average Bonchev–Trinajstić information content (AvgIpc) is 2.76. The second-order valence-electron chi connectivity index (χ2n) is 4.85. The van der Waals surface area contributed by atoms with Gasteiger partial charge in [-0.15, -0.1) is 0 Å². The van der Waals surface area contributed by atoms with Crippen molar-refractivity contribution < 1.29 is 4.79 Å². The highest BCUT2D eigenvalue weighted by atomic mass is 16.2. The van der Waals surface area contributed by atoms with Gasteiger partial charge in [0.25, 0.3) is 0 Å². The quantitative estimate of drug-likeness (QED) is 0.826. The molecule has 1 amide bonds. The fourth-order valence-corrected chi connectivity index (χ4v) is 2.19. The van der Waals surface area contributed by atoms with Gasteiger partial charge in [0.1, 0.15) is 0 Å². The molecule has 1 aromatic heterocycles. The minimum absolute atomic E-state index is 0.0319. The highest BCUT2D eigenvalue weighted by molar-refractivity contribution is 5.86. The molecular formula is C13H19N3O. The van der Waals surface area contributed by atoms with Crippen LogP contribution in [0.1, 0.15) is 36.9 Å². The van der Waals surface area contributed by atoms with Crippen molar-refractivity contribution in [2.24, 2.45) is 5.73 Å². The standard InChI is InChI=1S/C13H19N3O/c1-10-4-5-11(8-15-10)9-16-12(17)13(14)6-2-3-7-13/h4-5,8H,2-3,6-7,9,14H2,1H3,(H,16,17). The molecule has 1 fully saturated rings. The fraction of sp³-hybridized carbons (Fsp3) is 0.538. The zero-order chi connectivity index (χ0) is 12.3. The van der Waals surface area contributed by atoms with E-state index >= 15 is 0 Å². The van der Waals surface area contributed by atoms with Crippen LogP contribution >= 0.6 is 0 Å². The molecule has 0 spiro atoms. The smallest absolute Gasteiger partial charge is 0.240 e. The van der Waals surface area contributed by atoms with Gasteiger partial charge in [0.2, 0.25) is 5.91 Å². The van der Waals surface area contributed by atoms with E-state index in [0.29, 0.717) is 6.54 Å². The number of amides is 1. The number of nitrogens with one attached hydrogen (secondary N) is 1. The molecule has 1 saturated carbocycles. The Bertz CT molecular complexity index is 394. The van der Waals surface area contributed by atoms with E-state index in [2.05, 4.69) is 10.3 Å². The predicted molar refractivity (Wildman–Crippen MR) is 66.2 cm³/mol. The number of rotatable bonds is 3. The van der Waals surface area contributed by atoms with Crippen LogP contribution in [0.5, 0.6) is 0 Å². The summed E-state index contributed by atoms with van der Waals surface area (Å²) in [6.45, 7) is 2.45. The van der Waals surface area contributed by atoms with E-state index in [9.17, 15) is 4.79 Å². The average molecular weight is 233 g/mol. The van der Waals surface area contributed by atoms with Crippen LogP contribution < -0.4 is 11.1 Å². The number of pyridine rings is 1. The van der Waals surface area contributed by atoms with E-state index in [0.717, 1.165) is 36.9 Å². The molecule has 0 aromatic carbocycles. The molecule has 2 rings (SSSR count). The lowest BCUT2D eigenvalue weighted by molar-refractivity contribution is -0.126. The number of carbonyl (C=O) groups is 1. The Morgan fingerprint density at radius 1 is 1.47 bits per heavy atom. The monoisotopic (exact) mass is 233 g/mol. The van der Waals surface area contributed by atoms with Gasteiger partial charge in [-0.05, 0) is 31.4 Å². The normalized spacial score (nSPS) is 18.0. The molecule has 1 heterocycles. The zero-order valence-electron chi connectivity index (χ0n) is 10.2. The summed E-state index contributed by atoms with van der Waals surface area (Å²) in [5, 5.41) is 2.90.